The quantitative estimate of drug-likeness (QED) is 0.670. The fourth-order valence-corrected chi connectivity index (χ4v) is 3.42. The van der Waals surface area contributed by atoms with Crippen molar-refractivity contribution >= 4 is 11.8 Å². The number of fused-ring (bicyclic) bond motifs is 3. The summed E-state index contributed by atoms with van der Waals surface area (Å²) < 4.78 is 5.41. The lowest BCUT2D eigenvalue weighted by Crippen LogP contribution is -2.27. The topological polar surface area (TPSA) is 63.6 Å². The highest BCUT2D eigenvalue weighted by Crippen LogP contribution is 2.45. The van der Waals surface area contributed by atoms with Gasteiger partial charge in [0.05, 0.1) is 12.0 Å². The van der Waals surface area contributed by atoms with Crippen LogP contribution in [-0.4, -0.2) is 29.1 Å². The van der Waals surface area contributed by atoms with Crippen molar-refractivity contribution in [1.29, 1.82) is 0 Å². The Morgan fingerprint density at radius 2 is 1.95 bits per heavy atom. The van der Waals surface area contributed by atoms with Crippen molar-refractivity contribution in [1.82, 2.24) is 0 Å². The SMILES string of the molecule is CC1=CC(=O)C2=C(C)C[C@@H](O)C3=C(C)C(=O)O[C@@H]3[C@@H]12. The summed E-state index contributed by atoms with van der Waals surface area (Å²) in [5.74, 6) is -0.625. The highest BCUT2D eigenvalue weighted by atomic mass is 16.5. The zero-order valence-electron chi connectivity index (χ0n) is 11.2. The molecule has 4 heteroatoms. The van der Waals surface area contributed by atoms with E-state index in [0.29, 0.717) is 23.1 Å². The van der Waals surface area contributed by atoms with Crippen LogP contribution in [0.3, 0.4) is 0 Å². The summed E-state index contributed by atoms with van der Waals surface area (Å²) >= 11 is 0. The number of hydrogen-bond donors (Lipinski definition) is 1. The van der Waals surface area contributed by atoms with Gasteiger partial charge in [-0.3, -0.25) is 4.79 Å². The van der Waals surface area contributed by atoms with Crippen LogP contribution in [0.2, 0.25) is 0 Å². The van der Waals surface area contributed by atoms with E-state index in [1.54, 1.807) is 13.0 Å². The van der Waals surface area contributed by atoms with Crippen LogP contribution in [0.25, 0.3) is 0 Å². The lowest BCUT2D eigenvalue weighted by molar-refractivity contribution is -0.141. The summed E-state index contributed by atoms with van der Waals surface area (Å²) in [6.07, 6.45) is 0.742. The van der Waals surface area contributed by atoms with Gasteiger partial charge in [0.15, 0.2) is 5.78 Å². The number of carbonyl (C=O) groups excluding carboxylic acids is 2. The number of ether oxygens (including phenoxy) is 1. The number of esters is 1. The zero-order chi connectivity index (χ0) is 13.9. The normalized spacial score (nSPS) is 34.1. The molecule has 0 saturated heterocycles. The third kappa shape index (κ3) is 1.56. The van der Waals surface area contributed by atoms with Crippen molar-refractivity contribution in [2.24, 2.45) is 5.92 Å². The van der Waals surface area contributed by atoms with E-state index in [4.69, 9.17) is 4.74 Å². The Morgan fingerprint density at radius 3 is 2.63 bits per heavy atom. The Morgan fingerprint density at radius 1 is 1.26 bits per heavy atom. The molecule has 0 saturated carbocycles. The third-order valence-corrected chi connectivity index (χ3v) is 4.33. The van der Waals surface area contributed by atoms with Gasteiger partial charge in [0.25, 0.3) is 0 Å². The molecule has 0 amide bonds. The number of rotatable bonds is 0. The van der Waals surface area contributed by atoms with Gasteiger partial charge in [0.1, 0.15) is 6.10 Å². The van der Waals surface area contributed by atoms with Crippen LogP contribution in [0.4, 0.5) is 0 Å². The minimum Gasteiger partial charge on any atom is -0.453 e. The first-order valence-electron chi connectivity index (χ1n) is 6.43. The predicted molar refractivity (Wildman–Crippen MR) is 68.2 cm³/mol. The number of aliphatic hydroxyl groups excluding tert-OH is 1. The van der Waals surface area contributed by atoms with Gasteiger partial charge in [-0.15, -0.1) is 0 Å². The Hall–Kier alpha value is -1.68. The van der Waals surface area contributed by atoms with Crippen LogP contribution in [0, 0.1) is 5.92 Å². The molecule has 3 atom stereocenters. The van der Waals surface area contributed by atoms with E-state index in [2.05, 4.69) is 0 Å². The molecule has 0 spiro atoms. The average Bonchev–Trinajstić information content (AvgIpc) is 2.72. The minimum atomic E-state index is -0.741. The van der Waals surface area contributed by atoms with Crippen LogP contribution < -0.4 is 0 Å². The van der Waals surface area contributed by atoms with Crippen LogP contribution in [0.5, 0.6) is 0 Å². The van der Waals surface area contributed by atoms with Gasteiger partial charge in [0, 0.05) is 16.7 Å². The second kappa shape index (κ2) is 3.90. The predicted octanol–water partition coefficient (Wildman–Crippen LogP) is 1.45. The summed E-state index contributed by atoms with van der Waals surface area (Å²) in [4.78, 5) is 23.8. The second-order valence-corrected chi connectivity index (χ2v) is 5.55. The standard InChI is InChI=1S/C15H16O4/c1-6-4-10(17)13-8(3)15(18)19-14(13)12-7(2)5-9(16)11(6)12/h5,10,12,14,17H,4H2,1-3H3/t10-,12+,14-/m1/s1. The van der Waals surface area contributed by atoms with Gasteiger partial charge in [-0.05, 0) is 33.3 Å². The van der Waals surface area contributed by atoms with E-state index in [0.717, 1.165) is 11.1 Å². The Balaban J connectivity index is 2.19. The molecular formula is C15H16O4. The summed E-state index contributed by atoms with van der Waals surface area (Å²) in [6.45, 7) is 5.42. The molecule has 2 aliphatic carbocycles. The van der Waals surface area contributed by atoms with Crippen molar-refractivity contribution in [2.75, 3.05) is 0 Å². The summed E-state index contributed by atoms with van der Waals surface area (Å²) in [5.41, 5.74) is 3.62. The molecule has 0 unspecified atom stereocenters. The number of aliphatic hydroxyl groups is 1. The van der Waals surface area contributed by atoms with Gasteiger partial charge < -0.3 is 9.84 Å². The van der Waals surface area contributed by atoms with Gasteiger partial charge in [0.2, 0.25) is 0 Å². The first-order chi connectivity index (χ1) is 8.91. The van der Waals surface area contributed by atoms with Gasteiger partial charge in [-0.1, -0.05) is 11.1 Å². The Bertz CT molecular complexity index is 591. The highest BCUT2D eigenvalue weighted by molar-refractivity contribution is 6.09. The molecule has 1 N–H and O–H groups in total. The molecule has 0 radical (unpaired) electrons. The molecule has 0 aromatic rings. The average molecular weight is 260 g/mol. The minimum absolute atomic E-state index is 0.0194. The molecule has 19 heavy (non-hydrogen) atoms. The lowest BCUT2D eigenvalue weighted by Gasteiger charge is -2.22. The number of allylic oxidation sites excluding steroid dienone is 1. The van der Waals surface area contributed by atoms with Crippen molar-refractivity contribution in [2.45, 2.75) is 39.4 Å². The molecule has 0 aromatic carbocycles. The summed E-state index contributed by atoms with van der Waals surface area (Å²) in [6, 6.07) is 0. The largest absolute Gasteiger partial charge is 0.453 e. The highest BCUT2D eigenvalue weighted by Gasteiger charge is 2.47. The van der Waals surface area contributed by atoms with Crippen LogP contribution in [-0.2, 0) is 14.3 Å². The smallest absolute Gasteiger partial charge is 0.334 e. The molecule has 1 heterocycles. The fourth-order valence-electron chi connectivity index (χ4n) is 3.42. The Labute approximate surface area is 111 Å². The van der Waals surface area contributed by atoms with E-state index in [9.17, 15) is 14.7 Å². The molecule has 3 aliphatic rings. The number of ketones is 1. The molecule has 3 rings (SSSR count). The number of carbonyl (C=O) groups is 2. The van der Waals surface area contributed by atoms with Crippen molar-refractivity contribution in [3.63, 3.8) is 0 Å². The van der Waals surface area contributed by atoms with Crippen LogP contribution in [0.1, 0.15) is 27.2 Å². The molecule has 0 fully saturated rings. The molecule has 100 valence electrons. The van der Waals surface area contributed by atoms with E-state index in [-0.39, 0.29) is 17.7 Å². The van der Waals surface area contributed by atoms with Crippen LogP contribution in [0.15, 0.2) is 33.9 Å². The molecule has 0 bridgehead atoms. The first-order valence-corrected chi connectivity index (χ1v) is 6.43. The summed E-state index contributed by atoms with van der Waals surface area (Å²) in [7, 11) is 0. The van der Waals surface area contributed by atoms with Gasteiger partial charge in [-0.2, -0.15) is 0 Å². The fraction of sp³-hybridized carbons (Fsp3) is 0.467. The van der Waals surface area contributed by atoms with E-state index >= 15 is 0 Å². The third-order valence-electron chi connectivity index (χ3n) is 4.33. The monoisotopic (exact) mass is 260 g/mol. The van der Waals surface area contributed by atoms with Crippen LogP contribution >= 0.6 is 0 Å². The maximum Gasteiger partial charge on any atom is 0.334 e. The first kappa shape index (κ1) is 12.4. The van der Waals surface area contributed by atoms with E-state index in [1.165, 1.54) is 0 Å². The molecule has 0 aromatic heterocycles. The van der Waals surface area contributed by atoms with Crippen molar-refractivity contribution in [3.8, 4) is 0 Å². The van der Waals surface area contributed by atoms with E-state index in [1.807, 2.05) is 13.8 Å². The Kier molecular flexibility index (Phi) is 2.54. The molecule has 1 aliphatic heterocycles. The zero-order valence-corrected chi connectivity index (χ0v) is 11.2. The second-order valence-electron chi connectivity index (χ2n) is 5.55. The molecule has 4 nitrogen and oxygen atoms in total. The van der Waals surface area contributed by atoms with Crippen molar-refractivity contribution in [3.05, 3.63) is 33.9 Å². The van der Waals surface area contributed by atoms with Gasteiger partial charge in [-0.25, -0.2) is 4.79 Å². The molecular weight excluding hydrogens is 244 g/mol. The lowest BCUT2D eigenvalue weighted by atomic mass is 9.86. The van der Waals surface area contributed by atoms with Gasteiger partial charge >= 0.3 is 5.97 Å². The van der Waals surface area contributed by atoms with Crippen molar-refractivity contribution < 1.29 is 19.4 Å². The maximum atomic E-state index is 12.1. The summed E-state index contributed by atoms with van der Waals surface area (Å²) in [5, 5.41) is 10.3. The number of hydrogen-bond acceptors (Lipinski definition) is 4. The maximum absolute atomic E-state index is 12.1. The van der Waals surface area contributed by atoms with E-state index < -0.39 is 12.2 Å².